The van der Waals surface area contributed by atoms with E-state index < -0.39 is 5.91 Å². The van der Waals surface area contributed by atoms with Crippen LogP contribution in [0.4, 0.5) is 11.4 Å². The van der Waals surface area contributed by atoms with Crippen LogP contribution < -0.4 is 16.8 Å². The average molecular weight is 239 g/mol. The molecule has 0 spiro atoms. The van der Waals surface area contributed by atoms with Gasteiger partial charge in [-0.2, -0.15) is 11.8 Å². The van der Waals surface area contributed by atoms with Gasteiger partial charge in [-0.05, 0) is 25.3 Å². The summed E-state index contributed by atoms with van der Waals surface area (Å²) < 4.78 is 0. The van der Waals surface area contributed by atoms with E-state index in [1.807, 2.05) is 13.2 Å². The molecule has 0 aliphatic carbocycles. The fraction of sp³-hybridized carbons (Fsp3) is 0.364. The van der Waals surface area contributed by atoms with Crippen LogP contribution in [0.1, 0.15) is 17.3 Å². The third-order valence-corrected chi connectivity index (χ3v) is 3.00. The summed E-state index contributed by atoms with van der Waals surface area (Å²) >= 11 is 1.73. The number of carbonyl (C=O) groups excluding carboxylic acids is 1. The SMILES string of the molecule is CSCC(C)Nc1c(N)cccc1C(N)=O. The van der Waals surface area contributed by atoms with Crippen LogP contribution in [0.3, 0.4) is 0 Å². The first-order valence-electron chi connectivity index (χ1n) is 5.00. The summed E-state index contributed by atoms with van der Waals surface area (Å²) in [6, 6.07) is 5.38. The second-order valence-corrected chi connectivity index (χ2v) is 4.55. The van der Waals surface area contributed by atoms with Crippen molar-refractivity contribution in [1.29, 1.82) is 0 Å². The predicted octanol–water partition coefficient (Wildman–Crippen LogP) is 1.53. The molecule has 0 fully saturated rings. The van der Waals surface area contributed by atoms with Crippen molar-refractivity contribution in [2.75, 3.05) is 23.1 Å². The molecule has 1 unspecified atom stereocenters. The van der Waals surface area contributed by atoms with Gasteiger partial charge >= 0.3 is 0 Å². The number of thioether (sulfide) groups is 1. The molecular formula is C11H17N3OS. The third-order valence-electron chi connectivity index (χ3n) is 2.17. The van der Waals surface area contributed by atoms with Crippen molar-refractivity contribution < 1.29 is 4.79 Å². The molecule has 16 heavy (non-hydrogen) atoms. The van der Waals surface area contributed by atoms with Crippen LogP contribution in [-0.4, -0.2) is 24.0 Å². The predicted molar refractivity (Wildman–Crippen MR) is 70.8 cm³/mol. The topological polar surface area (TPSA) is 81.1 Å². The van der Waals surface area contributed by atoms with Gasteiger partial charge in [0.2, 0.25) is 0 Å². The van der Waals surface area contributed by atoms with Crippen molar-refractivity contribution in [2.45, 2.75) is 13.0 Å². The Morgan fingerprint density at radius 2 is 2.25 bits per heavy atom. The van der Waals surface area contributed by atoms with Crippen molar-refractivity contribution in [3.8, 4) is 0 Å². The zero-order valence-electron chi connectivity index (χ0n) is 9.49. The van der Waals surface area contributed by atoms with E-state index in [2.05, 4.69) is 5.32 Å². The summed E-state index contributed by atoms with van der Waals surface area (Å²) in [6.45, 7) is 2.04. The van der Waals surface area contributed by atoms with Crippen LogP contribution in [-0.2, 0) is 0 Å². The molecule has 1 amide bonds. The van der Waals surface area contributed by atoms with Crippen LogP contribution in [0.2, 0.25) is 0 Å². The number of hydrogen-bond donors (Lipinski definition) is 3. The largest absolute Gasteiger partial charge is 0.397 e. The number of para-hydroxylation sites is 1. The molecule has 0 aromatic heterocycles. The fourth-order valence-corrected chi connectivity index (χ4v) is 2.06. The summed E-state index contributed by atoms with van der Waals surface area (Å²) in [5.41, 5.74) is 12.7. The standard InChI is InChI=1S/C11H17N3OS/c1-7(6-16-2)14-10-8(11(13)15)4-3-5-9(10)12/h3-5,7,14H,6,12H2,1-2H3,(H2,13,15). The van der Waals surface area contributed by atoms with Gasteiger partial charge in [0, 0.05) is 11.8 Å². The van der Waals surface area contributed by atoms with E-state index in [9.17, 15) is 4.79 Å². The molecule has 0 aliphatic rings. The molecule has 0 saturated carbocycles. The summed E-state index contributed by atoms with van der Waals surface area (Å²) in [6.07, 6.45) is 2.03. The Bertz CT molecular complexity index is 381. The van der Waals surface area contributed by atoms with Gasteiger partial charge in [0.1, 0.15) is 0 Å². The Hall–Kier alpha value is -1.36. The number of carbonyl (C=O) groups is 1. The maximum atomic E-state index is 11.2. The zero-order valence-corrected chi connectivity index (χ0v) is 10.3. The van der Waals surface area contributed by atoms with E-state index in [4.69, 9.17) is 11.5 Å². The monoisotopic (exact) mass is 239 g/mol. The lowest BCUT2D eigenvalue weighted by molar-refractivity contribution is 0.100. The first kappa shape index (κ1) is 12.7. The van der Waals surface area contributed by atoms with Crippen molar-refractivity contribution in [3.63, 3.8) is 0 Å². The van der Waals surface area contributed by atoms with Crippen LogP contribution in [0, 0.1) is 0 Å². The molecule has 0 saturated heterocycles. The molecule has 0 bridgehead atoms. The van der Waals surface area contributed by atoms with Crippen molar-refractivity contribution in [2.24, 2.45) is 5.73 Å². The lowest BCUT2D eigenvalue weighted by Gasteiger charge is -2.17. The van der Waals surface area contributed by atoms with Gasteiger partial charge in [-0.3, -0.25) is 4.79 Å². The second-order valence-electron chi connectivity index (χ2n) is 3.63. The number of anilines is 2. The van der Waals surface area contributed by atoms with E-state index in [-0.39, 0.29) is 6.04 Å². The molecule has 1 aromatic rings. The van der Waals surface area contributed by atoms with E-state index in [0.717, 1.165) is 5.75 Å². The normalized spacial score (nSPS) is 12.1. The zero-order chi connectivity index (χ0) is 12.1. The highest BCUT2D eigenvalue weighted by molar-refractivity contribution is 7.98. The number of rotatable bonds is 5. The number of nitrogens with one attached hydrogen (secondary N) is 1. The Labute approximate surface area is 99.8 Å². The lowest BCUT2D eigenvalue weighted by atomic mass is 10.1. The molecule has 88 valence electrons. The van der Waals surface area contributed by atoms with E-state index in [1.165, 1.54) is 0 Å². The number of benzene rings is 1. The van der Waals surface area contributed by atoms with E-state index in [1.54, 1.807) is 30.0 Å². The fourth-order valence-electron chi connectivity index (χ4n) is 1.47. The van der Waals surface area contributed by atoms with Crippen LogP contribution in [0.15, 0.2) is 18.2 Å². The maximum Gasteiger partial charge on any atom is 0.250 e. The van der Waals surface area contributed by atoms with Crippen molar-refractivity contribution in [1.82, 2.24) is 0 Å². The first-order valence-corrected chi connectivity index (χ1v) is 6.39. The van der Waals surface area contributed by atoms with Crippen LogP contribution in [0.25, 0.3) is 0 Å². The number of hydrogen-bond acceptors (Lipinski definition) is 4. The number of nitrogens with two attached hydrogens (primary N) is 2. The highest BCUT2D eigenvalue weighted by atomic mass is 32.2. The molecule has 0 aliphatic heterocycles. The molecule has 4 nitrogen and oxygen atoms in total. The molecule has 5 heteroatoms. The van der Waals surface area contributed by atoms with Gasteiger partial charge in [-0.1, -0.05) is 6.07 Å². The average Bonchev–Trinajstić information content (AvgIpc) is 2.21. The second kappa shape index (κ2) is 5.65. The number of amides is 1. The summed E-state index contributed by atoms with van der Waals surface area (Å²) in [5, 5.41) is 3.21. The van der Waals surface area contributed by atoms with Crippen molar-refractivity contribution in [3.05, 3.63) is 23.8 Å². The Balaban J connectivity index is 2.97. The highest BCUT2D eigenvalue weighted by Gasteiger charge is 2.12. The minimum atomic E-state index is -0.467. The first-order chi connectivity index (χ1) is 7.56. The minimum absolute atomic E-state index is 0.234. The maximum absolute atomic E-state index is 11.2. The molecule has 1 atom stereocenters. The van der Waals surface area contributed by atoms with Gasteiger partial charge in [-0.25, -0.2) is 0 Å². The van der Waals surface area contributed by atoms with Gasteiger partial charge in [0.25, 0.3) is 5.91 Å². The highest BCUT2D eigenvalue weighted by Crippen LogP contribution is 2.24. The van der Waals surface area contributed by atoms with Gasteiger partial charge in [0.15, 0.2) is 0 Å². The van der Waals surface area contributed by atoms with E-state index in [0.29, 0.717) is 16.9 Å². The molecule has 0 heterocycles. The summed E-state index contributed by atoms with van der Waals surface area (Å²) in [7, 11) is 0. The minimum Gasteiger partial charge on any atom is -0.397 e. The molecule has 0 radical (unpaired) electrons. The quantitative estimate of drug-likeness (QED) is 0.681. The molecule has 5 N–H and O–H groups in total. The third kappa shape index (κ3) is 3.06. The van der Waals surface area contributed by atoms with Crippen molar-refractivity contribution >= 4 is 29.0 Å². The van der Waals surface area contributed by atoms with Gasteiger partial charge < -0.3 is 16.8 Å². The lowest BCUT2D eigenvalue weighted by Crippen LogP contribution is -2.22. The Morgan fingerprint density at radius 1 is 1.56 bits per heavy atom. The molecule has 1 rings (SSSR count). The molecule has 1 aromatic carbocycles. The van der Waals surface area contributed by atoms with Gasteiger partial charge in [0.05, 0.1) is 16.9 Å². The molecular weight excluding hydrogens is 222 g/mol. The van der Waals surface area contributed by atoms with Crippen LogP contribution >= 0.6 is 11.8 Å². The number of nitrogen functional groups attached to an aromatic ring is 1. The Morgan fingerprint density at radius 3 is 2.81 bits per heavy atom. The van der Waals surface area contributed by atoms with Crippen LogP contribution in [0.5, 0.6) is 0 Å². The summed E-state index contributed by atoms with van der Waals surface area (Å²) in [5.74, 6) is 0.471. The summed E-state index contributed by atoms with van der Waals surface area (Å²) in [4.78, 5) is 11.2. The smallest absolute Gasteiger partial charge is 0.250 e. The number of primary amides is 1. The van der Waals surface area contributed by atoms with E-state index >= 15 is 0 Å². The Kier molecular flexibility index (Phi) is 4.49. The van der Waals surface area contributed by atoms with Gasteiger partial charge in [-0.15, -0.1) is 0 Å².